The van der Waals surface area contributed by atoms with E-state index in [9.17, 15) is 0 Å². The number of hydrogen-bond acceptors (Lipinski definition) is 0. The normalized spacial score (nSPS) is 47.4. The van der Waals surface area contributed by atoms with Crippen molar-refractivity contribution < 1.29 is 0 Å². The molecule has 0 heterocycles. The fourth-order valence-corrected chi connectivity index (χ4v) is 5.97. The van der Waals surface area contributed by atoms with Gasteiger partial charge in [-0.15, -0.1) is 11.6 Å². The van der Waals surface area contributed by atoms with Crippen LogP contribution in [0.5, 0.6) is 0 Å². The molecule has 4 fully saturated rings. The summed E-state index contributed by atoms with van der Waals surface area (Å²) in [7, 11) is 0. The lowest BCUT2D eigenvalue weighted by atomic mass is 9.47. The minimum atomic E-state index is 0.139. The van der Waals surface area contributed by atoms with E-state index in [2.05, 4.69) is 30.3 Å². The Morgan fingerprint density at radius 2 is 1.59 bits per heavy atom. The molecular formula is C16H19Cl. The summed E-state index contributed by atoms with van der Waals surface area (Å²) >= 11 is 6.87. The Hall–Kier alpha value is -0.490. The third-order valence-electron chi connectivity index (χ3n) is 5.38. The Bertz CT molecular complexity index is 422. The molecule has 1 aromatic rings. The summed E-state index contributed by atoms with van der Waals surface area (Å²) in [5.74, 6) is 1.79. The molecule has 0 aliphatic heterocycles. The van der Waals surface area contributed by atoms with Gasteiger partial charge in [-0.2, -0.15) is 0 Å². The second-order valence-electron chi connectivity index (χ2n) is 6.76. The van der Waals surface area contributed by atoms with Crippen LogP contribution in [-0.2, 0) is 5.41 Å². The highest BCUT2D eigenvalue weighted by molar-refractivity contribution is 6.24. The smallest absolute Gasteiger partial charge is 0.0460 e. The maximum absolute atomic E-state index is 6.87. The zero-order chi connectivity index (χ0) is 11.5. The first kappa shape index (κ1) is 10.4. The van der Waals surface area contributed by atoms with Crippen LogP contribution in [0.25, 0.3) is 0 Å². The first-order valence-electron chi connectivity index (χ1n) is 6.92. The average molecular weight is 247 g/mol. The first-order valence-corrected chi connectivity index (χ1v) is 7.30. The Morgan fingerprint density at radius 1 is 0.941 bits per heavy atom. The van der Waals surface area contributed by atoms with Crippen molar-refractivity contribution in [1.29, 1.82) is 0 Å². The predicted molar refractivity (Wildman–Crippen MR) is 71.4 cm³/mol. The fraction of sp³-hybridized carbons (Fsp3) is 0.625. The van der Waals surface area contributed by atoms with Crippen molar-refractivity contribution in [1.82, 2.24) is 0 Å². The standard InChI is InChI=1S/C16H19Cl/c17-16-9-12-6-13(10-16)8-15(7-12,11-16)14-4-2-1-3-5-14/h1-5,12-13H,6-11H2. The van der Waals surface area contributed by atoms with E-state index in [1.807, 2.05) is 0 Å². The Kier molecular flexibility index (Phi) is 2.02. The molecule has 2 unspecified atom stereocenters. The van der Waals surface area contributed by atoms with Gasteiger partial charge in [0.2, 0.25) is 0 Å². The second-order valence-corrected chi connectivity index (χ2v) is 7.56. The molecule has 2 atom stereocenters. The van der Waals surface area contributed by atoms with Gasteiger partial charge in [0, 0.05) is 4.87 Å². The maximum atomic E-state index is 6.87. The van der Waals surface area contributed by atoms with Gasteiger partial charge in [0.15, 0.2) is 0 Å². The molecule has 4 saturated carbocycles. The molecule has 0 N–H and O–H groups in total. The van der Waals surface area contributed by atoms with Crippen LogP contribution >= 0.6 is 11.6 Å². The lowest BCUT2D eigenvalue weighted by molar-refractivity contribution is 0.00899. The van der Waals surface area contributed by atoms with E-state index >= 15 is 0 Å². The van der Waals surface area contributed by atoms with Crippen molar-refractivity contribution in [2.45, 2.75) is 48.8 Å². The highest BCUT2D eigenvalue weighted by Gasteiger charge is 2.57. The van der Waals surface area contributed by atoms with E-state index in [4.69, 9.17) is 11.6 Å². The summed E-state index contributed by atoms with van der Waals surface area (Å²) in [6.07, 6.45) is 8.00. The third-order valence-corrected chi connectivity index (χ3v) is 5.82. The molecule has 17 heavy (non-hydrogen) atoms. The SMILES string of the molecule is ClC12CC3CC(C1)CC(c1ccccc1)(C3)C2. The molecule has 0 spiro atoms. The summed E-state index contributed by atoms with van der Waals surface area (Å²) in [6.45, 7) is 0. The van der Waals surface area contributed by atoms with Gasteiger partial charge in [0.25, 0.3) is 0 Å². The molecular weight excluding hydrogens is 228 g/mol. The number of rotatable bonds is 1. The van der Waals surface area contributed by atoms with Gasteiger partial charge >= 0.3 is 0 Å². The number of halogens is 1. The summed E-state index contributed by atoms with van der Waals surface area (Å²) in [5, 5.41) is 0. The van der Waals surface area contributed by atoms with Gasteiger partial charge in [0.1, 0.15) is 0 Å². The first-order chi connectivity index (χ1) is 8.18. The highest BCUT2D eigenvalue weighted by atomic mass is 35.5. The predicted octanol–water partition coefficient (Wildman–Crippen LogP) is 4.52. The Balaban J connectivity index is 1.79. The van der Waals surface area contributed by atoms with Crippen LogP contribution < -0.4 is 0 Å². The summed E-state index contributed by atoms with van der Waals surface area (Å²) < 4.78 is 0. The van der Waals surface area contributed by atoms with Gasteiger partial charge in [0.05, 0.1) is 0 Å². The molecule has 90 valence electrons. The van der Waals surface area contributed by atoms with E-state index in [-0.39, 0.29) is 4.87 Å². The largest absolute Gasteiger partial charge is 0.119 e. The van der Waals surface area contributed by atoms with Crippen molar-refractivity contribution in [3.63, 3.8) is 0 Å². The van der Waals surface area contributed by atoms with Crippen LogP contribution in [0.4, 0.5) is 0 Å². The third kappa shape index (κ3) is 1.50. The van der Waals surface area contributed by atoms with E-state index < -0.39 is 0 Å². The van der Waals surface area contributed by atoms with Crippen molar-refractivity contribution in [3.05, 3.63) is 35.9 Å². The fourth-order valence-electron chi connectivity index (χ4n) is 5.28. The molecule has 1 aromatic carbocycles. The molecule has 4 bridgehead atoms. The lowest BCUT2D eigenvalue weighted by Crippen LogP contribution is -2.55. The molecule has 4 aliphatic carbocycles. The monoisotopic (exact) mass is 246 g/mol. The van der Waals surface area contributed by atoms with Crippen molar-refractivity contribution in [2.24, 2.45) is 11.8 Å². The quantitative estimate of drug-likeness (QED) is 0.640. The molecule has 0 amide bonds. The van der Waals surface area contributed by atoms with Crippen LogP contribution in [0.1, 0.15) is 44.1 Å². The lowest BCUT2D eigenvalue weighted by Gasteiger charge is -2.60. The highest BCUT2D eigenvalue weighted by Crippen LogP contribution is 2.64. The zero-order valence-corrected chi connectivity index (χ0v) is 10.9. The van der Waals surface area contributed by atoms with Crippen LogP contribution in [0.3, 0.4) is 0 Å². The molecule has 0 nitrogen and oxygen atoms in total. The molecule has 0 saturated heterocycles. The number of hydrogen-bond donors (Lipinski definition) is 0. The van der Waals surface area contributed by atoms with Gasteiger partial charge < -0.3 is 0 Å². The van der Waals surface area contributed by atoms with Gasteiger partial charge in [-0.3, -0.25) is 0 Å². The summed E-state index contributed by atoms with van der Waals surface area (Å²) in [4.78, 5) is 0.139. The average Bonchev–Trinajstić information content (AvgIpc) is 2.27. The number of benzene rings is 1. The molecule has 4 aliphatic rings. The topological polar surface area (TPSA) is 0 Å². The van der Waals surface area contributed by atoms with Crippen LogP contribution in [0, 0.1) is 11.8 Å². The summed E-state index contributed by atoms with van der Waals surface area (Å²) in [5.41, 5.74) is 1.98. The molecule has 0 aromatic heterocycles. The van der Waals surface area contributed by atoms with Gasteiger partial charge in [-0.25, -0.2) is 0 Å². The van der Waals surface area contributed by atoms with Crippen LogP contribution in [0.2, 0.25) is 0 Å². The zero-order valence-electron chi connectivity index (χ0n) is 10.2. The van der Waals surface area contributed by atoms with Crippen molar-refractivity contribution in [2.75, 3.05) is 0 Å². The van der Waals surface area contributed by atoms with Gasteiger partial charge in [-0.05, 0) is 61.3 Å². The van der Waals surface area contributed by atoms with E-state index in [0.29, 0.717) is 5.41 Å². The molecule has 0 radical (unpaired) electrons. The summed E-state index contributed by atoms with van der Waals surface area (Å²) in [6, 6.07) is 11.2. The van der Waals surface area contributed by atoms with Crippen molar-refractivity contribution >= 4 is 11.6 Å². The Morgan fingerprint density at radius 3 is 2.18 bits per heavy atom. The van der Waals surface area contributed by atoms with Gasteiger partial charge in [-0.1, -0.05) is 30.3 Å². The van der Waals surface area contributed by atoms with Crippen molar-refractivity contribution in [3.8, 4) is 0 Å². The van der Waals surface area contributed by atoms with Crippen LogP contribution in [-0.4, -0.2) is 4.87 Å². The minimum Gasteiger partial charge on any atom is -0.119 e. The Labute approximate surface area is 108 Å². The second kappa shape index (κ2) is 3.29. The molecule has 1 heteroatoms. The minimum absolute atomic E-state index is 0.139. The van der Waals surface area contributed by atoms with Crippen LogP contribution in [0.15, 0.2) is 30.3 Å². The van der Waals surface area contributed by atoms with E-state index in [1.165, 1.54) is 38.5 Å². The van der Waals surface area contributed by atoms with E-state index in [1.54, 1.807) is 5.56 Å². The maximum Gasteiger partial charge on any atom is 0.0460 e. The van der Waals surface area contributed by atoms with E-state index in [0.717, 1.165) is 11.8 Å². The number of alkyl halides is 1. The molecule has 5 rings (SSSR count).